The van der Waals surface area contributed by atoms with Crippen LogP contribution in [0.2, 0.25) is 0 Å². The Hall–Kier alpha value is -0.770. The predicted octanol–water partition coefficient (Wildman–Crippen LogP) is 5.09. The van der Waals surface area contributed by atoms with E-state index < -0.39 is 0 Å². The normalized spacial score (nSPS) is 25.4. The lowest BCUT2D eigenvalue weighted by molar-refractivity contribution is 0.286. The molecule has 1 aromatic heterocycles. The summed E-state index contributed by atoms with van der Waals surface area (Å²) in [5.41, 5.74) is 3.00. The Morgan fingerprint density at radius 3 is 3.00 bits per heavy atom. The Balaban J connectivity index is 1.59. The summed E-state index contributed by atoms with van der Waals surface area (Å²) in [6.45, 7) is 1.28. The Bertz CT molecular complexity index is 620. The number of thioether (sulfide) groups is 1. The molecule has 1 aromatic carbocycles. The highest BCUT2D eigenvalue weighted by molar-refractivity contribution is 7.99. The molecular weight excluding hydrogens is 294 g/mol. The van der Waals surface area contributed by atoms with E-state index in [2.05, 4.69) is 59.4 Å². The molecule has 4 rings (SSSR count). The van der Waals surface area contributed by atoms with E-state index in [1.54, 1.807) is 5.56 Å². The minimum Gasteiger partial charge on any atom is -0.303 e. The summed E-state index contributed by atoms with van der Waals surface area (Å²) in [5.74, 6) is 2.02. The van der Waals surface area contributed by atoms with Crippen LogP contribution in [0.5, 0.6) is 0 Å². The molecule has 2 aromatic rings. The van der Waals surface area contributed by atoms with Crippen molar-refractivity contribution in [1.29, 1.82) is 0 Å². The standard InChI is InChI=1S/C18H21NS2/c1-19-8-2-4-15(19)10-14-12-21-18-7-6-13(11-16(14)18)17-5-3-9-20-17/h3,5-7,9,11,14-15H,2,4,8,10,12H2,1H3/t14-,15+/m0/s1. The van der Waals surface area contributed by atoms with Crippen LogP contribution in [0.3, 0.4) is 0 Å². The maximum absolute atomic E-state index is 2.56. The van der Waals surface area contributed by atoms with Crippen LogP contribution in [0.15, 0.2) is 40.6 Å². The zero-order valence-corrected chi connectivity index (χ0v) is 14.1. The fraction of sp³-hybridized carbons (Fsp3) is 0.444. The van der Waals surface area contributed by atoms with Crippen molar-refractivity contribution in [3.8, 4) is 10.4 Å². The summed E-state index contributed by atoms with van der Waals surface area (Å²) in [4.78, 5) is 5.47. The molecule has 3 heterocycles. The van der Waals surface area contributed by atoms with Gasteiger partial charge in [-0.2, -0.15) is 0 Å². The van der Waals surface area contributed by atoms with Gasteiger partial charge < -0.3 is 4.90 Å². The van der Waals surface area contributed by atoms with Crippen LogP contribution in [0.4, 0.5) is 0 Å². The molecule has 3 heteroatoms. The summed E-state index contributed by atoms with van der Waals surface area (Å²) in [6.07, 6.45) is 4.10. The molecule has 0 bridgehead atoms. The number of hydrogen-bond acceptors (Lipinski definition) is 3. The van der Waals surface area contributed by atoms with E-state index in [0.717, 1.165) is 12.0 Å². The predicted molar refractivity (Wildman–Crippen MR) is 93.5 cm³/mol. The Labute approximate surface area is 135 Å². The Morgan fingerprint density at radius 1 is 1.29 bits per heavy atom. The number of benzene rings is 1. The quantitative estimate of drug-likeness (QED) is 0.776. The molecule has 0 amide bonds. The molecule has 1 saturated heterocycles. The van der Waals surface area contributed by atoms with Crippen molar-refractivity contribution in [1.82, 2.24) is 4.90 Å². The van der Waals surface area contributed by atoms with Crippen molar-refractivity contribution in [3.63, 3.8) is 0 Å². The average molecular weight is 316 g/mol. The number of likely N-dealkylation sites (tertiary alicyclic amines) is 1. The third-order valence-corrected chi connectivity index (χ3v) is 7.09. The first-order valence-electron chi connectivity index (χ1n) is 7.82. The summed E-state index contributed by atoms with van der Waals surface area (Å²) in [5, 5.41) is 2.17. The summed E-state index contributed by atoms with van der Waals surface area (Å²) >= 11 is 3.89. The maximum Gasteiger partial charge on any atom is 0.0342 e. The summed E-state index contributed by atoms with van der Waals surface area (Å²) in [7, 11) is 2.29. The van der Waals surface area contributed by atoms with Crippen molar-refractivity contribution >= 4 is 23.1 Å². The highest BCUT2D eigenvalue weighted by Gasteiger charge is 2.29. The van der Waals surface area contributed by atoms with Gasteiger partial charge in [-0.15, -0.1) is 23.1 Å². The molecule has 2 atom stereocenters. The van der Waals surface area contributed by atoms with Gasteiger partial charge in [-0.1, -0.05) is 12.1 Å². The van der Waals surface area contributed by atoms with Crippen molar-refractivity contribution in [2.24, 2.45) is 0 Å². The second kappa shape index (κ2) is 5.79. The lowest BCUT2D eigenvalue weighted by atomic mass is 9.92. The van der Waals surface area contributed by atoms with Gasteiger partial charge >= 0.3 is 0 Å². The van der Waals surface area contributed by atoms with E-state index in [1.807, 2.05) is 11.3 Å². The molecule has 0 saturated carbocycles. The van der Waals surface area contributed by atoms with Gasteiger partial charge in [0.1, 0.15) is 0 Å². The summed E-state index contributed by atoms with van der Waals surface area (Å²) in [6, 6.07) is 12.3. The number of nitrogens with zero attached hydrogens (tertiary/aromatic N) is 1. The molecule has 1 fully saturated rings. The Morgan fingerprint density at radius 2 is 2.24 bits per heavy atom. The molecule has 1 nitrogen and oxygen atoms in total. The van der Waals surface area contributed by atoms with E-state index >= 15 is 0 Å². The maximum atomic E-state index is 2.56. The van der Waals surface area contributed by atoms with Gasteiger partial charge in [-0.05, 0) is 73.5 Å². The number of thiophene rings is 1. The van der Waals surface area contributed by atoms with Crippen molar-refractivity contribution in [2.45, 2.75) is 36.1 Å². The van der Waals surface area contributed by atoms with E-state index in [9.17, 15) is 0 Å². The van der Waals surface area contributed by atoms with E-state index in [-0.39, 0.29) is 0 Å². The van der Waals surface area contributed by atoms with Gasteiger partial charge in [0.15, 0.2) is 0 Å². The third kappa shape index (κ3) is 2.67. The highest BCUT2D eigenvalue weighted by Crippen LogP contribution is 2.44. The van der Waals surface area contributed by atoms with Gasteiger partial charge in [0, 0.05) is 21.6 Å². The van der Waals surface area contributed by atoms with E-state index in [4.69, 9.17) is 0 Å². The minimum atomic E-state index is 0.746. The highest BCUT2D eigenvalue weighted by atomic mass is 32.2. The third-order valence-electron chi connectivity index (χ3n) is 4.92. The number of rotatable bonds is 3. The molecule has 21 heavy (non-hydrogen) atoms. The molecule has 0 aliphatic carbocycles. The van der Waals surface area contributed by atoms with Crippen molar-refractivity contribution in [2.75, 3.05) is 19.3 Å². The first-order valence-corrected chi connectivity index (χ1v) is 9.68. The van der Waals surface area contributed by atoms with Gasteiger partial charge in [-0.3, -0.25) is 0 Å². The first kappa shape index (κ1) is 13.9. The molecule has 0 unspecified atom stereocenters. The fourth-order valence-electron chi connectivity index (χ4n) is 3.68. The molecule has 0 N–H and O–H groups in total. The van der Waals surface area contributed by atoms with Crippen LogP contribution in [0.1, 0.15) is 30.7 Å². The molecule has 110 valence electrons. The van der Waals surface area contributed by atoms with Crippen LogP contribution in [-0.4, -0.2) is 30.3 Å². The van der Waals surface area contributed by atoms with Crippen molar-refractivity contribution < 1.29 is 0 Å². The minimum absolute atomic E-state index is 0.746. The Kier molecular flexibility index (Phi) is 3.82. The largest absolute Gasteiger partial charge is 0.303 e. The molecular formula is C18H21NS2. The van der Waals surface area contributed by atoms with Crippen LogP contribution in [0, 0.1) is 0 Å². The zero-order chi connectivity index (χ0) is 14.2. The van der Waals surface area contributed by atoms with Gasteiger partial charge in [0.25, 0.3) is 0 Å². The first-order chi connectivity index (χ1) is 10.3. The average Bonchev–Trinajstić information content (AvgIpc) is 3.22. The SMILES string of the molecule is CN1CCC[C@@H]1C[C@H]1CSc2ccc(-c3cccs3)cc21. The second-order valence-electron chi connectivity index (χ2n) is 6.25. The topological polar surface area (TPSA) is 3.24 Å². The van der Waals surface area contributed by atoms with E-state index in [0.29, 0.717) is 0 Å². The molecule has 0 spiro atoms. The smallest absolute Gasteiger partial charge is 0.0342 e. The van der Waals surface area contributed by atoms with Gasteiger partial charge in [0.05, 0.1) is 0 Å². The second-order valence-corrected chi connectivity index (χ2v) is 8.26. The molecule has 2 aliphatic rings. The number of fused-ring (bicyclic) bond motifs is 1. The number of hydrogen-bond donors (Lipinski definition) is 0. The monoisotopic (exact) mass is 315 g/mol. The molecule has 0 radical (unpaired) electrons. The van der Waals surface area contributed by atoms with Crippen LogP contribution in [0.25, 0.3) is 10.4 Å². The zero-order valence-electron chi connectivity index (χ0n) is 12.4. The van der Waals surface area contributed by atoms with Crippen molar-refractivity contribution in [3.05, 3.63) is 41.3 Å². The van der Waals surface area contributed by atoms with Gasteiger partial charge in [0.2, 0.25) is 0 Å². The van der Waals surface area contributed by atoms with Crippen LogP contribution in [-0.2, 0) is 0 Å². The van der Waals surface area contributed by atoms with E-state index in [1.165, 1.54) is 46.9 Å². The van der Waals surface area contributed by atoms with Crippen LogP contribution < -0.4 is 0 Å². The summed E-state index contributed by atoms with van der Waals surface area (Å²) < 4.78 is 0. The molecule has 2 aliphatic heterocycles. The lowest BCUT2D eigenvalue weighted by Crippen LogP contribution is -2.26. The van der Waals surface area contributed by atoms with Gasteiger partial charge in [-0.25, -0.2) is 0 Å². The lowest BCUT2D eigenvalue weighted by Gasteiger charge is -2.23. The fourth-order valence-corrected chi connectivity index (χ4v) is 5.65. The van der Waals surface area contributed by atoms with Crippen LogP contribution >= 0.6 is 23.1 Å².